The highest BCUT2D eigenvalue weighted by Gasteiger charge is 2.14. The first-order valence-electron chi connectivity index (χ1n) is 4.07. The Morgan fingerprint density at radius 2 is 2.00 bits per heavy atom. The van der Waals surface area contributed by atoms with Crippen LogP contribution in [-0.4, -0.2) is 16.0 Å². The van der Waals surface area contributed by atoms with E-state index in [1.54, 1.807) is 30.3 Å². The van der Waals surface area contributed by atoms with Crippen molar-refractivity contribution in [3.63, 3.8) is 0 Å². The first kappa shape index (κ1) is 8.62. The molecule has 2 aromatic rings. The Labute approximate surface area is 79.6 Å². The van der Waals surface area contributed by atoms with Gasteiger partial charge in [-0.25, -0.2) is 4.39 Å². The standard InChI is InChI=1S/C10H7FN2O/c11-8-6-12-13-9(8)10(14)7-4-2-1-3-5-7/h1-6H,(H,12,13). The highest BCUT2D eigenvalue weighted by Crippen LogP contribution is 2.09. The van der Waals surface area contributed by atoms with E-state index in [2.05, 4.69) is 10.2 Å². The number of nitrogens with one attached hydrogen (secondary N) is 1. The summed E-state index contributed by atoms with van der Waals surface area (Å²) in [5.74, 6) is -1.01. The number of halogens is 1. The van der Waals surface area contributed by atoms with Crippen LogP contribution in [0.2, 0.25) is 0 Å². The lowest BCUT2D eigenvalue weighted by atomic mass is 10.1. The van der Waals surface area contributed by atoms with Gasteiger partial charge in [0.15, 0.2) is 5.82 Å². The molecule has 0 unspecified atom stereocenters. The van der Waals surface area contributed by atoms with Gasteiger partial charge in [-0.3, -0.25) is 9.89 Å². The molecule has 14 heavy (non-hydrogen) atoms. The molecule has 0 atom stereocenters. The van der Waals surface area contributed by atoms with E-state index >= 15 is 0 Å². The summed E-state index contributed by atoms with van der Waals surface area (Å²) in [5, 5.41) is 5.78. The zero-order valence-electron chi connectivity index (χ0n) is 7.20. The maximum Gasteiger partial charge on any atom is 0.213 e. The summed E-state index contributed by atoms with van der Waals surface area (Å²) >= 11 is 0. The van der Waals surface area contributed by atoms with Crippen molar-refractivity contribution in [2.45, 2.75) is 0 Å². The van der Waals surface area contributed by atoms with Crippen LogP contribution < -0.4 is 0 Å². The molecule has 2 rings (SSSR count). The summed E-state index contributed by atoms with van der Waals surface area (Å²) < 4.78 is 13.0. The van der Waals surface area contributed by atoms with Crippen LogP contribution in [0.15, 0.2) is 36.5 Å². The Balaban J connectivity index is 2.39. The zero-order chi connectivity index (χ0) is 9.97. The number of aromatic nitrogens is 2. The van der Waals surface area contributed by atoms with Crippen LogP contribution in [0.5, 0.6) is 0 Å². The van der Waals surface area contributed by atoms with Crippen molar-refractivity contribution in [2.24, 2.45) is 0 Å². The summed E-state index contributed by atoms with van der Waals surface area (Å²) in [5.41, 5.74) is 0.340. The van der Waals surface area contributed by atoms with Crippen molar-refractivity contribution in [3.8, 4) is 0 Å². The van der Waals surface area contributed by atoms with Gasteiger partial charge in [0.05, 0.1) is 6.20 Å². The third-order valence-corrected chi connectivity index (χ3v) is 1.86. The third kappa shape index (κ3) is 1.42. The smallest absolute Gasteiger partial charge is 0.213 e. The molecule has 0 aliphatic rings. The highest BCUT2D eigenvalue weighted by molar-refractivity contribution is 6.07. The van der Waals surface area contributed by atoms with Gasteiger partial charge in [-0.1, -0.05) is 30.3 Å². The van der Waals surface area contributed by atoms with Crippen molar-refractivity contribution < 1.29 is 9.18 Å². The first-order chi connectivity index (χ1) is 6.79. The third-order valence-electron chi connectivity index (χ3n) is 1.86. The van der Waals surface area contributed by atoms with E-state index in [9.17, 15) is 9.18 Å². The van der Waals surface area contributed by atoms with Crippen LogP contribution in [0.1, 0.15) is 16.1 Å². The number of aromatic amines is 1. The molecule has 0 saturated carbocycles. The predicted molar refractivity (Wildman–Crippen MR) is 48.4 cm³/mol. The molecule has 1 aromatic heterocycles. The molecule has 3 nitrogen and oxygen atoms in total. The molecule has 1 aromatic carbocycles. The monoisotopic (exact) mass is 190 g/mol. The number of nitrogens with zero attached hydrogens (tertiary/aromatic N) is 1. The maximum atomic E-state index is 13.0. The molecule has 0 spiro atoms. The van der Waals surface area contributed by atoms with Crippen molar-refractivity contribution in [1.82, 2.24) is 10.2 Å². The molecule has 0 aliphatic carbocycles. The van der Waals surface area contributed by atoms with Crippen molar-refractivity contribution in [2.75, 3.05) is 0 Å². The molecule has 1 heterocycles. The number of H-pyrrole nitrogens is 1. The predicted octanol–water partition coefficient (Wildman–Crippen LogP) is 1.78. The van der Waals surface area contributed by atoms with Gasteiger partial charge in [0.25, 0.3) is 0 Å². The van der Waals surface area contributed by atoms with Gasteiger partial charge >= 0.3 is 0 Å². The summed E-state index contributed by atoms with van der Waals surface area (Å²) in [6, 6.07) is 8.49. The topological polar surface area (TPSA) is 45.8 Å². The Hall–Kier alpha value is -1.97. The number of hydrogen-bond donors (Lipinski definition) is 1. The molecule has 0 amide bonds. The number of carbonyl (C=O) groups excluding carboxylic acids is 1. The fourth-order valence-corrected chi connectivity index (χ4v) is 1.16. The van der Waals surface area contributed by atoms with Crippen LogP contribution in [0, 0.1) is 5.82 Å². The molecular weight excluding hydrogens is 183 g/mol. The lowest BCUT2D eigenvalue weighted by molar-refractivity contribution is 0.103. The minimum Gasteiger partial charge on any atom is -0.287 e. The first-order valence-corrected chi connectivity index (χ1v) is 4.07. The van der Waals surface area contributed by atoms with Crippen LogP contribution in [0.4, 0.5) is 4.39 Å². The van der Waals surface area contributed by atoms with Crippen LogP contribution in [0.3, 0.4) is 0 Å². The summed E-state index contributed by atoms with van der Waals surface area (Å²) in [6.07, 6.45) is 0.982. The maximum absolute atomic E-state index is 13.0. The summed E-state index contributed by atoms with van der Waals surface area (Å²) in [7, 11) is 0. The second-order valence-electron chi connectivity index (χ2n) is 2.79. The molecule has 1 N–H and O–H groups in total. The van der Waals surface area contributed by atoms with E-state index in [4.69, 9.17) is 0 Å². The minimum atomic E-state index is -0.626. The van der Waals surface area contributed by atoms with Gasteiger partial charge in [-0.2, -0.15) is 5.10 Å². The zero-order valence-corrected chi connectivity index (χ0v) is 7.20. The van der Waals surface area contributed by atoms with Gasteiger partial charge in [-0.05, 0) is 0 Å². The fourth-order valence-electron chi connectivity index (χ4n) is 1.16. The molecule has 70 valence electrons. The Bertz CT molecular complexity index is 450. The van der Waals surface area contributed by atoms with Crippen molar-refractivity contribution in [3.05, 3.63) is 53.6 Å². The number of ketones is 1. The second-order valence-corrected chi connectivity index (χ2v) is 2.79. The fraction of sp³-hybridized carbons (Fsp3) is 0. The second kappa shape index (κ2) is 3.41. The number of carbonyl (C=O) groups is 1. The Morgan fingerprint density at radius 3 is 2.57 bits per heavy atom. The lowest BCUT2D eigenvalue weighted by Crippen LogP contribution is -2.03. The van der Waals surface area contributed by atoms with E-state index in [-0.39, 0.29) is 11.5 Å². The van der Waals surface area contributed by atoms with Crippen LogP contribution in [-0.2, 0) is 0 Å². The SMILES string of the molecule is O=C(c1ccccc1)c1[nH]ncc1F. The van der Waals surface area contributed by atoms with Gasteiger partial charge in [0.1, 0.15) is 5.69 Å². The van der Waals surface area contributed by atoms with Crippen LogP contribution in [0.25, 0.3) is 0 Å². The van der Waals surface area contributed by atoms with Gasteiger partial charge in [0, 0.05) is 5.56 Å². The van der Waals surface area contributed by atoms with Crippen LogP contribution >= 0.6 is 0 Å². The molecule has 0 saturated heterocycles. The average Bonchev–Trinajstić information content (AvgIpc) is 2.65. The normalized spacial score (nSPS) is 10.1. The highest BCUT2D eigenvalue weighted by atomic mass is 19.1. The number of hydrogen-bond acceptors (Lipinski definition) is 2. The van der Waals surface area contributed by atoms with E-state index in [1.165, 1.54) is 0 Å². The van der Waals surface area contributed by atoms with E-state index < -0.39 is 5.82 Å². The Morgan fingerprint density at radius 1 is 1.29 bits per heavy atom. The van der Waals surface area contributed by atoms with E-state index in [1.807, 2.05) is 0 Å². The lowest BCUT2D eigenvalue weighted by Gasteiger charge is -1.96. The molecule has 0 bridgehead atoms. The Kier molecular flexibility index (Phi) is 2.10. The quantitative estimate of drug-likeness (QED) is 0.733. The largest absolute Gasteiger partial charge is 0.287 e. The van der Waals surface area contributed by atoms with Gasteiger partial charge in [-0.15, -0.1) is 0 Å². The molecular formula is C10H7FN2O. The molecule has 0 radical (unpaired) electrons. The summed E-state index contributed by atoms with van der Waals surface area (Å²) in [4.78, 5) is 11.6. The number of rotatable bonds is 2. The molecule has 0 aliphatic heterocycles. The van der Waals surface area contributed by atoms with E-state index in [0.717, 1.165) is 6.20 Å². The van der Waals surface area contributed by atoms with E-state index in [0.29, 0.717) is 5.56 Å². The molecule has 0 fully saturated rings. The average molecular weight is 190 g/mol. The minimum absolute atomic E-state index is 0.101. The van der Waals surface area contributed by atoms with Crippen molar-refractivity contribution >= 4 is 5.78 Å². The molecule has 4 heteroatoms. The number of benzene rings is 1. The van der Waals surface area contributed by atoms with Gasteiger partial charge in [0.2, 0.25) is 5.78 Å². The van der Waals surface area contributed by atoms with Gasteiger partial charge < -0.3 is 0 Å². The van der Waals surface area contributed by atoms with Crippen molar-refractivity contribution in [1.29, 1.82) is 0 Å². The summed E-state index contributed by atoms with van der Waals surface area (Å²) in [6.45, 7) is 0.